The normalized spacial score (nSPS) is 17.8. The highest BCUT2D eigenvalue weighted by molar-refractivity contribution is 5.75. The molecule has 0 bridgehead atoms. The average Bonchev–Trinajstić information content (AvgIpc) is 3.04. The van der Waals surface area contributed by atoms with E-state index in [0.717, 1.165) is 45.6 Å². The molecular weight excluding hydrogens is 274 g/mol. The van der Waals surface area contributed by atoms with Crippen molar-refractivity contribution in [1.82, 2.24) is 15.5 Å². The largest absolute Gasteiger partial charge is 0.356 e. The monoisotopic (exact) mass is 303 g/mol. The van der Waals surface area contributed by atoms with Gasteiger partial charge in [-0.05, 0) is 57.4 Å². The third kappa shape index (κ3) is 6.58. The summed E-state index contributed by atoms with van der Waals surface area (Å²) in [6.07, 6.45) is 3.91. The van der Waals surface area contributed by atoms with Crippen LogP contribution in [0.15, 0.2) is 30.3 Å². The van der Waals surface area contributed by atoms with Crippen LogP contribution in [0.3, 0.4) is 0 Å². The zero-order chi connectivity index (χ0) is 15.6. The highest BCUT2D eigenvalue weighted by Crippen LogP contribution is 2.13. The molecule has 1 unspecified atom stereocenters. The molecular formula is C18H29N3O. The van der Waals surface area contributed by atoms with Crippen LogP contribution >= 0.6 is 0 Å². The van der Waals surface area contributed by atoms with Crippen LogP contribution in [0.4, 0.5) is 0 Å². The molecule has 0 aromatic heterocycles. The van der Waals surface area contributed by atoms with Crippen LogP contribution in [-0.4, -0.2) is 44.0 Å². The SMILES string of the molecule is CN(CCCNC(=O)CCC1CCNC1)Cc1ccccc1. The number of nitrogens with one attached hydrogen (secondary N) is 2. The first-order valence-electron chi connectivity index (χ1n) is 8.44. The standard InChI is InChI=1S/C18H29N3O/c1-21(15-17-6-3-2-4-7-17)13-5-11-20-18(22)9-8-16-10-12-19-14-16/h2-4,6-7,16,19H,5,8-15H2,1H3,(H,20,22). The number of carbonyl (C=O) groups is 1. The van der Waals surface area contributed by atoms with Gasteiger partial charge in [-0.25, -0.2) is 0 Å². The number of rotatable bonds is 9. The summed E-state index contributed by atoms with van der Waals surface area (Å²) < 4.78 is 0. The van der Waals surface area contributed by atoms with Crippen LogP contribution in [0.25, 0.3) is 0 Å². The van der Waals surface area contributed by atoms with E-state index in [4.69, 9.17) is 0 Å². The smallest absolute Gasteiger partial charge is 0.220 e. The molecule has 2 rings (SSSR count). The van der Waals surface area contributed by atoms with Crippen LogP contribution in [0, 0.1) is 5.92 Å². The third-order valence-electron chi connectivity index (χ3n) is 4.28. The third-order valence-corrected chi connectivity index (χ3v) is 4.28. The Balaban J connectivity index is 1.50. The molecule has 22 heavy (non-hydrogen) atoms. The van der Waals surface area contributed by atoms with Crippen LogP contribution in [-0.2, 0) is 11.3 Å². The molecule has 1 fully saturated rings. The van der Waals surface area contributed by atoms with Gasteiger partial charge in [0.2, 0.25) is 5.91 Å². The Morgan fingerprint density at radius 1 is 1.36 bits per heavy atom. The van der Waals surface area contributed by atoms with Crippen molar-refractivity contribution in [3.63, 3.8) is 0 Å². The molecule has 1 amide bonds. The van der Waals surface area contributed by atoms with Crippen molar-refractivity contribution >= 4 is 5.91 Å². The van der Waals surface area contributed by atoms with E-state index in [9.17, 15) is 4.79 Å². The van der Waals surface area contributed by atoms with Gasteiger partial charge in [0.1, 0.15) is 0 Å². The van der Waals surface area contributed by atoms with Crippen LogP contribution in [0.2, 0.25) is 0 Å². The van der Waals surface area contributed by atoms with Gasteiger partial charge in [0.25, 0.3) is 0 Å². The summed E-state index contributed by atoms with van der Waals surface area (Å²) in [4.78, 5) is 14.1. The molecule has 0 saturated carbocycles. The zero-order valence-corrected chi connectivity index (χ0v) is 13.7. The molecule has 2 N–H and O–H groups in total. The van der Waals surface area contributed by atoms with Gasteiger partial charge in [-0.2, -0.15) is 0 Å². The van der Waals surface area contributed by atoms with Gasteiger partial charge in [0.15, 0.2) is 0 Å². The van der Waals surface area contributed by atoms with Gasteiger partial charge in [0.05, 0.1) is 0 Å². The minimum atomic E-state index is 0.206. The lowest BCUT2D eigenvalue weighted by Gasteiger charge is -2.16. The van der Waals surface area contributed by atoms with Gasteiger partial charge in [-0.3, -0.25) is 4.79 Å². The number of nitrogens with zero attached hydrogens (tertiary/aromatic N) is 1. The number of amides is 1. The Kier molecular flexibility index (Phi) is 7.40. The van der Waals surface area contributed by atoms with E-state index in [1.165, 1.54) is 12.0 Å². The van der Waals surface area contributed by atoms with Gasteiger partial charge < -0.3 is 15.5 Å². The molecule has 4 heteroatoms. The molecule has 0 aliphatic carbocycles. The summed E-state index contributed by atoms with van der Waals surface area (Å²) in [5.41, 5.74) is 1.33. The van der Waals surface area contributed by atoms with Gasteiger partial charge in [-0.1, -0.05) is 30.3 Å². The molecule has 1 aliphatic rings. The lowest BCUT2D eigenvalue weighted by molar-refractivity contribution is -0.121. The first-order chi connectivity index (χ1) is 10.7. The second-order valence-electron chi connectivity index (χ2n) is 6.32. The Morgan fingerprint density at radius 3 is 2.91 bits per heavy atom. The molecule has 0 radical (unpaired) electrons. The summed E-state index contributed by atoms with van der Waals surface area (Å²) in [7, 11) is 2.13. The highest BCUT2D eigenvalue weighted by Gasteiger charge is 2.15. The molecule has 1 aliphatic heterocycles. The van der Waals surface area contributed by atoms with Crippen molar-refractivity contribution in [2.75, 3.05) is 33.2 Å². The summed E-state index contributed by atoms with van der Waals surface area (Å²) in [6, 6.07) is 10.5. The van der Waals surface area contributed by atoms with E-state index in [-0.39, 0.29) is 5.91 Å². The molecule has 1 atom stereocenters. The van der Waals surface area contributed by atoms with E-state index >= 15 is 0 Å². The fourth-order valence-electron chi connectivity index (χ4n) is 2.94. The number of benzene rings is 1. The van der Waals surface area contributed by atoms with Crippen LogP contribution < -0.4 is 10.6 Å². The molecule has 1 saturated heterocycles. The van der Waals surface area contributed by atoms with Crippen LogP contribution in [0.1, 0.15) is 31.2 Å². The second-order valence-corrected chi connectivity index (χ2v) is 6.32. The minimum Gasteiger partial charge on any atom is -0.356 e. The molecule has 1 aromatic rings. The summed E-state index contributed by atoms with van der Waals surface area (Å²) in [6.45, 7) is 4.93. The van der Waals surface area contributed by atoms with Crippen molar-refractivity contribution in [2.45, 2.75) is 32.2 Å². The quantitative estimate of drug-likeness (QED) is 0.686. The van der Waals surface area contributed by atoms with Crippen molar-refractivity contribution in [3.05, 3.63) is 35.9 Å². The summed E-state index contributed by atoms with van der Waals surface area (Å²) in [5, 5.41) is 6.38. The van der Waals surface area contributed by atoms with Crippen molar-refractivity contribution < 1.29 is 4.79 Å². The van der Waals surface area contributed by atoms with Crippen molar-refractivity contribution in [1.29, 1.82) is 0 Å². The molecule has 1 aromatic carbocycles. The van der Waals surface area contributed by atoms with E-state index in [1.807, 2.05) is 6.07 Å². The second kappa shape index (κ2) is 9.59. The maximum absolute atomic E-state index is 11.8. The van der Waals surface area contributed by atoms with E-state index < -0.39 is 0 Å². The van der Waals surface area contributed by atoms with Gasteiger partial charge in [0, 0.05) is 19.5 Å². The van der Waals surface area contributed by atoms with E-state index in [2.05, 4.69) is 46.8 Å². The fourth-order valence-corrected chi connectivity index (χ4v) is 2.94. The van der Waals surface area contributed by atoms with Gasteiger partial charge in [-0.15, -0.1) is 0 Å². The van der Waals surface area contributed by atoms with Crippen LogP contribution in [0.5, 0.6) is 0 Å². The Hall–Kier alpha value is -1.39. The molecule has 4 nitrogen and oxygen atoms in total. The van der Waals surface area contributed by atoms with E-state index in [1.54, 1.807) is 0 Å². The molecule has 0 spiro atoms. The van der Waals surface area contributed by atoms with Crippen molar-refractivity contribution in [2.24, 2.45) is 5.92 Å². The predicted molar refractivity (Wildman–Crippen MR) is 90.6 cm³/mol. The highest BCUT2D eigenvalue weighted by atomic mass is 16.1. The number of carbonyl (C=O) groups excluding carboxylic acids is 1. The molecule has 122 valence electrons. The fraction of sp³-hybridized carbons (Fsp3) is 0.611. The first kappa shape index (κ1) is 17.0. The Morgan fingerprint density at radius 2 is 2.18 bits per heavy atom. The number of hydrogen-bond acceptors (Lipinski definition) is 3. The maximum atomic E-state index is 11.8. The zero-order valence-electron chi connectivity index (χ0n) is 13.7. The maximum Gasteiger partial charge on any atom is 0.220 e. The predicted octanol–water partition coefficient (Wildman–Crippen LogP) is 2.01. The lowest BCUT2D eigenvalue weighted by atomic mass is 10.0. The Labute approximate surface area is 134 Å². The lowest BCUT2D eigenvalue weighted by Crippen LogP contribution is -2.28. The van der Waals surface area contributed by atoms with E-state index in [0.29, 0.717) is 12.3 Å². The van der Waals surface area contributed by atoms with Crippen molar-refractivity contribution in [3.8, 4) is 0 Å². The molecule has 1 heterocycles. The Bertz CT molecular complexity index is 429. The first-order valence-corrected chi connectivity index (χ1v) is 8.44. The number of hydrogen-bond donors (Lipinski definition) is 2. The topological polar surface area (TPSA) is 44.4 Å². The summed E-state index contributed by atoms with van der Waals surface area (Å²) in [5.74, 6) is 0.903. The summed E-state index contributed by atoms with van der Waals surface area (Å²) >= 11 is 0. The minimum absolute atomic E-state index is 0.206. The van der Waals surface area contributed by atoms with Gasteiger partial charge >= 0.3 is 0 Å². The average molecular weight is 303 g/mol.